The Morgan fingerprint density at radius 1 is 0.659 bits per heavy atom. The summed E-state index contributed by atoms with van der Waals surface area (Å²) in [4.78, 5) is 2.50. The Kier molecular flexibility index (Phi) is 18.1. The van der Waals surface area contributed by atoms with Gasteiger partial charge in [-0.1, -0.05) is 121 Å². The molecule has 0 radical (unpaired) electrons. The van der Waals surface area contributed by atoms with Crippen LogP contribution < -0.4 is 16.0 Å². The monoisotopic (exact) mass is 613 g/mol. The first-order valence-electron chi connectivity index (χ1n) is 18.3. The highest BCUT2D eigenvalue weighted by Crippen LogP contribution is 2.26. The van der Waals surface area contributed by atoms with Crippen molar-refractivity contribution in [2.45, 2.75) is 142 Å². The summed E-state index contributed by atoms with van der Waals surface area (Å²) in [6.45, 7) is 39.7. The van der Waals surface area contributed by atoms with Gasteiger partial charge in [0.2, 0.25) is 0 Å². The summed E-state index contributed by atoms with van der Waals surface area (Å²) < 4.78 is 0. The van der Waals surface area contributed by atoms with E-state index in [0.717, 1.165) is 42.7 Å². The number of allylic oxidation sites excluding steroid dienone is 3. The Hall–Kier alpha value is -1.68. The van der Waals surface area contributed by atoms with Crippen molar-refractivity contribution < 1.29 is 0 Å². The second kappa shape index (κ2) is 19.7. The van der Waals surface area contributed by atoms with Crippen molar-refractivity contribution in [1.82, 2.24) is 20.9 Å². The highest BCUT2D eigenvalue weighted by atomic mass is 15.2. The molecule has 4 aliphatic rings. The van der Waals surface area contributed by atoms with Crippen LogP contribution in [0.2, 0.25) is 0 Å². The molecule has 0 aromatic carbocycles. The molecule has 0 bridgehead atoms. The molecule has 0 aromatic rings. The molecule has 3 unspecified atom stereocenters. The molecule has 4 nitrogen and oxygen atoms in total. The summed E-state index contributed by atoms with van der Waals surface area (Å²) in [5, 5.41) is 10.5. The topological polar surface area (TPSA) is 39.3 Å². The number of hydrogen-bond acceptors (Lipinski definition) is 4. The van der Waals surface area contributed by atoms with E-state index in [-0.39, 0.29) is 0 Å². The molecule has 4 heterocycles. The molecule has 0 aliphatic carbocycles. The van der Waals surface area contributed by atoms with Crippen LogP contribution in [0.5, 0.6) is 0 Å². The van der Waals surface area contributed by atoms with Gasteiger partial charge in [-0.25, -0.2) is 0 Å². The van der Waals surface area contributed by atoms with Crippen molar-refractivity contribution in [2.75, 3.05) is 19.6 Å². The highest BCUT2D eigenvalue weighted by molar-refractivity contribution is 5.21. The SMILES string of the molecule is CC(C)C1=C(C(C)C)NCC1.CC(C)C1=CC(C(C)C)CN1.CC(C)C1=CCCN1C(C)C.CC(C)C1C=CC(C(C)C)N1. The first kappa shape index (κ1) is 40.3. The standard InChI is InChI=1S/4C10H19N/c1-7(2)9-5-10(8(3)4)11-6-9;1-8(2)10-6-5-7-11(10)9(3)4;1-7(2)9-5-6-11-10(9)8(3)4;1-7(2)9-5-6-10(11-9)8(3)4/h5,7-9,11H,6H2,1-4H3;6,8-9H,5,7H2,1-4H3;7-8,11H,5-6H2,1-4H3;5-11H,1-4H3. The third-order valence-electron chi connectivity index (χ3n) is 9.36. The van der Waals surface area contributed by atoms with Gasteiger partial charge in [0.05, 0.1) is 0 Å². The molecule has 256 valence electrons. The van der Waals surface area contributed by atoms with Crippen LogP contribution >= 0.6 is 0 Å². The number of nitrogens with one attached hydrogen (secondary N) is 3. The van der Waals surface area contributed by atoms with Gasteiger partial charge in [-0.3, -0.25) is 0 Å². The van der Waals surface area contributed by atoms with E-state index in [0.29, 0.717) is 35.9 Å². The van der Waals surface area contributed by atoms with Gasteiger partial charge in [0.1, 0.15) is 0 Å². The van der Waals surface area contributed by atoms with Gasteiger partial charge in [0.25, 0.3) is 0 Å². The number of nitrogens with zero attached hydrogens (tertiary/aromatic N) is 1. The van der Waals surface area contributed by atoms with Crippen molar-refractivity contribution in [1.29, 1.82) is 0 Å². The predicted octanol–water partition coefficient (Wildman–Crippen LogP) is 9.78. The lowest BCUT2D eigenvalue weighted by molar-refractivity contribution is 0.285. The fourth-order valence-electron chi connectivity index (χ4n) is 6.29. The fraction of sp³-hybridized carbons (Fsp3) is 0.800. The molecular weight excluding hydrogens is 536 g/mol. The highest BCUT2D eigenvalue weighted by Gasteiger charge is 2.22. The van der Waals surface area contributed by atoms with Gasteiger partial charge in [-0.2, -0.15) is 0 Å². The summed E-state index contributed by atoms with van der Waals surface area (Å²) in [5.41, 5.74) is 6.11. The summed E-state index contributed by atoms with van der Waals surface area (Å²) >= 11 is 0. The average molecular weight is 613 g/mol. The van der Waals surface area contributed by atoms with Crippen LogP contribution in [0.3, 0.4) is 0 Å². The molecule has 3 N–H and O–H groups in total. The molecule has 4 aliphatic heterocycles. The van der Waals surface area contributed by atoms with Crippen molar-refractivity contribution >= 4 is 0 Å². The molecule has 44 heavy (non-hydrogen) atoms. The zero-order chi connectivity index (χ0) is 33.7. The molecule has 4 heteroatoms. The average Bonchev–Trinajstić information content (AvgIpc) is 3.75. The molecule has 0 amide bonds. The van der Waals surface area contributed by atoms with Gasteiger partial charge < -0.3 is 20.9 Å². The van der Waals surface area contributed by atoms with E-state index in [1.165, 1.54) is 30.8 Å². The second-order valence-corrected chi connectivity index (χ2v) is 15.9. The third-order valence-corrected chi connectivity index (χ3v) is 9.36. The van der Waals surface area contributed by atoms with E-state index in [2.05, 4.69) is 156 Å². The van der Waals surface area contributed by atoms with Crippen LogP contribution in [0.25, 0.3) is 0 Å². The maximum absolute atomic E-state index is 3.58. The van der Waals surface area contributed by atoms with Gasteiger partial charge in [-0.15, -0.1) is 0 Å². The molecule has 0 saturated carbocycles. The van der Waals surface area contributed by atoms with Crippen LogP contribution in [-0.2, 0) is 0 Å². The summed E-state index contributed by atoms with van der Waals surface area (Å²) in [6.07, 6.45) is 11.9. The Bertz CT molecular complexity index is 895. The smallest absolute Gasteiger partial charge is 0.0279 e. The largest absolute Gasteiger partial charge is 0.388 e. The van der Waals surface area contributed by atoms with E-state index in [1.54, 1.807) is 11.3 Å². The van der Waals surface area contributed by atoms with E-state index in [4.69, 9.17) is 0 Å². The van der Waals surface area contributed by atoms with E-state index in [9.17, 15) is 0 Å². The van der Waals surface area contributed by atoms with Gasteiger partial charge >= 0.3 is 0 Å². The first-order valence-corrected chi connectivity index (χ1v) is 18.3. The molecule has 4 rings (SSSR count). The molecule has 0 fully saturated rings. The molecular formula is C40H76N4. The fourth-order valence-corrected chi connectivity index (χ4v) is 6.29. The lowest BCUT2D eigenvalue weighted by atomic mass is 9.96. The maximum atomic E-state index is 3.58. The Labute approximate surface area is 276 Å². The van der Waals surface area contributed by atoms with E-state index in [1.807, 2.05) is 0 Å². The van der Waals surface area contributed by atoms with Crippen LogP contribution in [0.4, 0.5) is 0 Å². The van der Waals surface area contributed by atoms with Crippen LogP contribution in [0.15, 0.2) is 47.0 Å². The van der Waals surface area contributed by atoms with E-state index >= 15 is 0 Å². The minimum Gasteiger partial charge on any atom is -0.388 e. The lowest BCUT2D eigenvalue weighted by Crippen LogP contribution is -2.36. The number of rotatable bonds is 8. The Morgan fingerprint density at radius 3 is 1.52 bits per heavy atom. The first-order chi connectivity index (χ1) is 20.5. The van der Waals surface area contributed by atoms with E-state index < -0.39 is 0 Å². The summed E-state index contributed by atoms with van der Waals surface area (Å²) in [5.74, 6) is 5.73. The van der Waals surface area contributed by atoms with Crippen molar-refractivity contribution in [3.8, 4) is 0 Å². The normalized spacial score (nSPS) is 22.9. The zero-order valence-electron chi connectivity index (χ0n) is 32.1. The lowest BCUT2D eigenvalue weighted by Gasteiger charge is -2.28. The minimum absolute atomic E-state index is 0.599. The summed E-state index contributed by atoms with van der Waals surface area (Å²) in [6, 6.07) is 1.87. The van der Waals surface area contributed by atoms with Crippen LogP contribution in [0, 0.1) is 47.3 Å². The van der Waals surface area contributed by atoms with Gasteiger partial charge in [-0.05, 0) is 79.6 Å². The number of hydrogen-bond donors (Lipinski definition) is 3. The minimum atomic E-state index is 0.599. The quantitative estimate of drug-likeness (QED) is 0.239. The predicted molar refractivity (Wildman–Crippen MR) is 197 cm³/mol. The molecule has 0 aromatic heterocycles. The Morgan fingerprint density at radius 2 is 1.23 bits per heavy atom. The molecule has 3 atom stereocenters. The van der Waals surface area contributed by atoms with Gasteiger partial charge in [0, 0.05) is 54.9 Å². The second-order valence-electron chi connectivity index (χ2n) is 15.9. The summed E-state index contributed by atoms with van der Waals surface area (Å²) in [7, 11) is 0. The van der Waals surface area contributed by atoms with Crippen LogP contribution in [-0.4, -0.2) is 42.7 Å². The zero-order valence-corrected chi connectivity index (χ0v) is 32.1. The molecule has 0 saturated heterocycles. The van der Waals surface area contributed by atoms with Crippen LogP contribution in [0.1, 0.15) is 124 Å². The van der Waals surface area contributed by atoms with Crippen molar-refractivity contribution in [2.24, 2.45) is 47.3 Å². The Balaban J connectivity index is 0.000000293. The van der Waals surface area contributed by atoms with Crippen molar-refractivity contribution in [3.05, 3.63) is 47.0 Å². The molecule has 0 spiro atoms. The van der Waals surface area contributed by atoms with Crippen molar-refractivity contribution in [3.63, 3.8) is 0 Å². The maximum Gasteiger partial charge on any atom is 0.0279 e. The van der Waals surface area contributed by atoms with Gasteiger partial charge in [0.15, 0.2) is 0 Å². The third kappa shape index (κ3) is 13.4.